The van der Waals surface area contributed by atoms with E-state index in [1.807, 2.05) is 69.3 Å². The number of rotatable bonds is 16. The molecule has 0 aliphatic carbocycles. The van der Waals surface area contributed by atoms with Gasteiger partial charge in [-0.15, -0.1) is 0 Å². The van der Waals surface area contributed by atoms with Gasteiger partial charge in [-0.25, -0.2) is 9.69 Å². The Balaban J connectivity index is 1.37. The largest absolute Gasteiger partial charge is 0.493 e. The number of anilines is 1. The van der Waals surface area contributed by atoms with Gasteiger partial charge in [-0.1, -0.05) is 43.3 Å². The third-order valence-electron chi connectivity index (χ3n) is 7.54. The third kappa shape index (κ3) is 9.01. The van der Waals surface area contributed by atoms with Gasteiger partial charge in [0.1, 0.15) is 18.8 Å². The van der Waals surface area contributed by atoms with Crippen molar-refractivity contribution in [3.8, 4) is 34.5 Å². The fourth-order valence-corrected chi connectivity index (χ4v) is 5.75. The van der Waals surface area contributed by atoms with E-state index in [4.69, 9.17) is 28.4 Å². The molecule has 0 aromatic heterocycles. The fourth-order valence-electron chi connectivity index (χ4n) is 5.18. The van der Waals surface area contributed by atoms with Gasteiger partial charge in [-0.05, 0) is 95.4 Å². The second kappa shape index (κ2) is 17.4. The van der Waals surface area contributed by atoms with Gasteiger partial charge in [0, 0.05) is 6.07 Å². The normalized spacial score (nSPS) is 13.5. The minimum Gasteiger partial charge on any atom is -0.493 e. The van der Waals surface area contributed by atoms with E-state index in [1.54, 1.807) is 24.3 Å². The summed E-state index contributed by atoms with van der Waals surface area (Å²) in [6.45, 7) is 7.56. The van der Waals surface area contributed by atoms with E-state index in [-0.39, 0.29) is 17.9 Å². The smallest absolute Gasteiger partial charge is 0.335 e. The number of urea groups is 1. The van der Waals surface area contributed by atoms with Crippen molar-refractivity contribution in [1.29, 1.82) is 0 Å². The number of benzene rings is 4. The van der Waals surface area contributed by atoms with Crippen LogP contribution in [0.3, 0.4) is 0 Å². The van der Waals surface area contributed by atoms with Crippen molar-refractivity contribution in [2.75, 3.05) is 31.8 Å². The number of carbonyl (C=O) groups excluding carboxylic acids is 3. The molecule has 0 atom stereocenters. The topological polar surface area (TPSA) is 122 Å². The summed E-state index contributed by atoms with van der Waals surface area (Å²) in [4.78, 5) is 40.4. The molecule has 1 fully saturated rings. The quantitative estimate of drug-likeness (QED) is 0.0899. The average molecular weight is 760 g/mol. The van der Waals surface area contributed by atoms with Crippen molar-refractivity contribution in [1.82, 2.24) is 5.32 Å². The molecule has 1 heterocycles. The predicted octanol–water partition coefficient (Wildman–Crippen LogP) is 7.87. The molecular weight excluding hydrogens is 720 g/mol. The van der Waals surface area contributed by atoms with Gasteiger partial charge in [0.2, 0.25) is 0 Å². The zero-order valence-electron chi connectivity index (χ0n) is 28.8. The molecule has 1 aliphatic heterocycles. The number of nitrogens with zero attached hydrogens (tertiary/aromatic N) is 1. The number of nitrogens with one attached hydrogen (secondary N) is 1. The molecule has 0 radical (unpaired) electrons. The van der Waals surface area contributed by atoms with Gasteiger partial charge >= 0.3 is 6.03 Å². The zero-order valence-corrected chi connectivity index (χ0v) is 30.4. The van der Waals surface area contributed by atoms with Crippen LogP contribution in [0.2, 0.25) is 0 Å². The Hall–Kier alpha value is -5.49. The summed E-state index contributed by atoms with van der Waals surface area (Å²) in [6, 6.07) is 22.7. The SMILES string of the molecule is CCCOc1ccc(N2C(=O)NC(=O)/C(=C/c3cc(Br)c(OCc4ccc(OCc5ccccc5)c(OCC)c4)c(OCC)c3)C2=O)cc1OC. The first-order valence-corrected chi connectivity index (χ1v) is 17.3. The van der Waals surface area contributed by atoms with Crippen LogP contribution in [0.1, 0.15) is 43.9 Å². The highest BCUT2D eigenvalue weighted by Crippen LogP contribution is 2.39. The highest BCUT2D eigenvalue weighted by molar-refractivity contribution is 9.10. The second-order valence-corrected chi connectivity index (χ2v) is 12.0. The Bertz CT molecular complexity index is 1910. The number of imide groups is 2. The second-order valence-electron chi connectivity index (χ2n) is 11.2. The number of carbonyl (C=O) groups is 3. The number of halogens is 1. The Labute approximate surface area is 305 Å². The molecule has 4 aromatic rings. The number of methoxy groups -OCH3 is 1. The molecule has 12 heteroatoms. The maximum atomic E-state index is 13.7. The van der Waals surface area contributed by atoms with Crippen molar-refractivity contribution in [3.63, 3.8) is 0 Å². The third-order valence-corrected chi connectivity index (χ3v) is 8.13. The first-order valence-electron chi connectivity index (χ1n) is 16.5. The van der Waals surface area contributed by atoms with Crippen LogP contribution in [0.25, 0.3) is 6.08 Å². The summed E-state index contributed by atoms with van der Waals surface area (Å²) < 4.78 is 35.7. The number of hydrogen-bond acceptors (Lipinski definition) is 9. The summed E-state index contributed by atoms with van der Waals surface area (Å²) in [5, 5.41) is 2.25. The molecule has 1 N–H and O–H groups in total. The monoisotopic (exact) mass is 758 g/mol. The van der Waals surface area contributed by atoms with Gasteiger partial charge < -0.3 is 28.4 Å². The number of amides is 4. The van der Waals surface area contributed by atoms with E-state index in [0.717, 1.165) is 22.4 Å². The van der Waals surface area contributed by atoms with Crippen LogP contribution in [-0.2, 0) is 22.8 Å². The van der Waals surface area contributed by atoms with Crippen LogP contribution >= 0.6 is 15.9 Å². The number of hydrogen-bond donors (Lipinski definition) is 1. The van der Waals surface area contributed by atoms with Crippen molar-refractivity contribution in [3.05, 3.63) is 106 Å². The summed E-state index contributed by atoms with van der Waals surface area (Å²) in [7, 11) is 1.46. The molecule has 1 saturated heterocycles. The van der Waals surface area contributed by atoms with E-state index in [9.17, 15) is 14.4 Å². The van der Waals surface area contributed by atoms with E-state index in [0.29, 0.717) is 71.0 Å². The zero-order chi connectivity index (χ0) is 36.3. The molecule has 51 heavy (non-hydrogen) atoms. The minimum absolute atomic E-state index is 0.182. The van der Waals surface area contributed by atoms with Gasteiger partial charge in [-0.3, -0.25) is 14.9 Å². The lowest BCUT2D eigenvalue weighted by Crippen LogP contribution is -2.54. The Morgan fingerprint density at radius 3 is 2.14 bits per heavy atom. The van der Waals surface area contributed by atoms with E-state index < -0.39 is 17.8 Å². The summed E-state index contributed by atoms with van der Waals surface area (Å²) in [5.74, 6) is 1.21. The van der Waals surface area contributed by atoms with E-state index in [1.165, 1.54) is 19.3 Å². The first-order chi connectivity index (χ1) is 24.8. The molecule has 5 rings (SSSR count). The Morgan fingerprint density at radius 1 is 0.706 bits per heavy atom. The fraction of sp³-hybridized carbons (Fsp3) is 0.256. The molecule has 0 saturated carbocycles. The standard InChI is InChI=1S/C39H39BrN2O9/c1-5-17-49-31-16-14-28(22-33(31)46-4)42-38(44)29(37(43)41-39(42)45)18-27-19-30(40)36(35(21-27)48-7-3)51-24-26-13-15-32(34(20-26)47-6-2)50-23-25-11-9-8-10-12-25/h8-16,18-22H,5-7,17,23-24H2,1-4H3,(H,41,43,45)/b29-18-. The molecule has 4 amide bonds. The van der Waals surface area contributed by atoms with Crippen LogP contribution in [0.4, 0.5) is 10.5 Å². The van der Waals surface area contributed by atoms with Crippen molar-refractivity contribution >= 4 is 45.5 Å². The highest BCUT2D eigenvalue weighted by Gasteiger charge is 2.37. The molecule has 266 valence electrons. The van der Waals surface area contributed by atoms with Crippen molar-refractivity contribution < 1.29 is 42.8 Å². The highest BCUT2D eigenvalue weighted by atomic mass is 79.9. The van der Waals surface area contributed by atoms with E-state index in [2.05, 4.69) is 21.2 Å². The van der Waals surface area contributed by atoms with Crippen LogP contribution < -0.4 is 38.6 Å². The van der Waals surface area contributed by atoms with Crippen LogP contribution in [0.15, 0.2) is 88.9 Å². The van der Waals surface area contributed by atoms with Gasteiger partial charge in [-0.2, -0.15) is 0 Å². The molecule has 0 unspecified atom stereocenters. The Morgan fingerprint density at radius 2 is 1.41 bits per heavy atom. The lowest BCUT2D eigenvalue weighted by Gasteiger charge is -2.27. The van der Waals surface area contributed by atoms with Crippen molar-refractivity contribution in [2.45, 2.75) is 40.4 Å². The maximum absolute atomic E-state index is 13.7. The lowest BCUT2D eigenvalue weighted by atomic mass is 10.1. The molecular formula is C39H39BrN2O9. The van der Waals surface area contributed by atoms with Gasteiger partial charge in [0.05, 0.1) is 37.1 Å². The minimum atomic E-state index is -0.880. The van der Waals surface area contributed by atoms with Crippen LogP contribution in [0.5, 0.6) is 34.5 Å². The Kier molecular flexibility index (Phi) is 12.6. The average Bonchev–Trinajstić information content (AvgIpc) is 3.12. The maximum Gasteiger partial charge on any atom is 0.335 e. The summed E-state index contributed by atoms with van der Waals surface area (Å²) >= 11 is 3.57. The number of barbiturate groups is 1. The first kappa shape index (κ1) is 36.8. The van der Waals surface area contributed by atoms with E-state index >= 15 is 0 Å². The summed E-state index contributed by atoms with van der Waals surface area (Å²) in [6.07, 6.45) is 2.18. The molecule has 4 aromatic carbocycles. The predicted molar refractivity (Wildman–Crippen MR) is 196 cm³/mol. The molecule has 0 spiro atoms. The molecule has 11 nitrogen and oxygen atoms in total. The number of ether oxygens (including phenoxy) is 6. The summed E-state index contributed by atoms with van der Waals surface area (Å²) in [5.41, 5.74) is 2.30. The van der Waals surface area contributed by atoms with Crippen LogP contribution in [0, 0.1) is 0 Å². The van der Waals surface area contributed by atoms with Crippen molar-refractivity contribution in [2.24, 2.45) is 0 Å². The lowest BCUT2D eigenvalue weighted by molar-refractivity contribution is -0.122. The van der Waals surface area contributed by atoms with Gasteiger partial charge in [0.15, 0.2) is 34.5 Å². The van der Waals surface area contributed by atoms with Crippen LogP contribution in [-0.4, -0.2) is 44.8 Å². The molecule has 0 bridgehead atoms. The molecule has 1 aliphatic rings. The van der Waals surface area contributed by atoms with Gasteiger partial charge in [0.25, 0.3) is 11.8 Å².